The van der Waals surface area contributed by atoms with E-state index in [0.717, 1.165) is 32.7 Å². The van der Waals surface area contributed by atoms with Gasteiger partial charge in [0.05, 0.1) is 13.2 Å². The fourth-order valence-corrected chi connectivity index (χ4v) is 1.61. The second-order valence-electron chi connectivity index (χ2n) is 3.53. The van der Waals surface area contributed by atoms with Crippen molar-refractivity contribution in [3.63, 3.8) is 0 Å². The molecule has 0 spiro atoms. The Morgan fingerprint density at radius 3 is 2.31 bits per heavy atom. The summed E-state index contributed by atoms with van der Waals surface area (Å²) in [6.45, 7) is 3.87. The van der Waals surface area contributed by atoms with Crippen molar-refractivity contribution in [1.29, 1.82) is 0 Å². The minimum Gasteiger partial charge on any atom is -0.412 e. The van der Waals surface area contributed by atoms with Gasteiger partial charge in [-0.1, -0.05) is 35.8 Å². The standard InChI is InChI=1S/C11H15BNO.2H2O/c1-2-4-11(5-3-1)12-10-13-6-8-14-9-7-13;;/h1-5H,6-10H2;2*1H2. The highest BCUT2D eigenvalue weighted by atomic mass is 16.5. The summed E-state index contributed by atoms with van der Waals surface area (Å²) < 4.78 is 5.30. The van der Waals surface area contributed by atoms with Gasteiger partial charge in [0.2, 0.25) is 0 Å². The molecule has 4 nitrogen and oxygen atoms in total. The Labute approximate surface area is 97.1 Å². The zero-order chi connectivity index (χ0) is 9.64. The van der Waals surface area contributed by atoms with E-state index in [1.165, 1.54) is 5.46 Å². The molecule has 1 saturated heterocycles. The fourth-order valence-electron chi connectivity index (χ4n) is 1.61. The molecule has 2 rings (SSSR count). The number of hydrogen-bond acceptors (Lipinski definition) is 2. The minimum absolute atomic E-state index is 0. The van der Waals surface area contributed by atoms with Gasteiger partial charge in [-0.25, -0.2) is 0 Å². The van der Waals surface area contributed by atoms with Gasteiger partial charge in [-0.3, -0.25) is 0 Å². The van der Waals surface area contributed by atoms with Crippen molar-refractivity contribution in [1.82, 2.24) is 4.90 Å². The molecule has 0 unspecified atom stereocenters. The van der Waals surface area contributed by atoms with Gasteiger partial charge in [0.15, 0.2) is 7.28 Å². The maximum absolute atomic E-state index is 5.30. The maximum atomic E-state index is 5.30. The van der Waals surface area contributed by atoms with Crippen LogP contribution in [0.5, 0.6) is 0 Å². The van der Waals surface area contributed by atoms with Crippen LogP contribution >= 0.6 is 0 Å². The fraction of sp³-hybridized carbons (Fsp3) is 0.455. The third kappa shape index (κ3) is 4.76. The molecule has 1 aromatic rings. The number of rotatable bonds is 3. The van der Waals surface area contributed by atoms with Gasteiger partial charge in [0, 0.05) is 13.1 Å². The van der Waals surface area contributed by atoms with Gasteiger partial charge in [-0.05, 0) is 6.44 Å². The lowest BCUT2D eigenvalue weighted by atomic mass is 9.70. The third-order valence-electron chi connectivity index (χ3n) is 2.49. The van der Waals surface area contributed by atoms with Gasteiger partial charge < -0.3 is 20.6 Å². The van der Waals surface area contributed by atoms with E-state index >= 15 is 0 Å². The smallest absolute Gasteiger partial charge is 0.169 e. The topological polar surface area (TPSA) is 75.5 Å². The summed E-state index contributed by atoms with van der Waals surface area (Å²) in [6.07, 6.45) is 1.04. The molecule has 89 valence electrons. The van der Waals surface area contributed by atoms with Crippen LogP contribution in [0, 0.1) is 0 Å². The maximum Gasteiger partial charge on any atom is 0.169 e. The molecule has 0 atom stereocenters. The Kier molecular flexibility index (Phi) is 7.84. The molecule has 16 heavy (non-hydrogen) atoms. The highest BCUT2D eigenvalue weighted by Gasteiger charge is 2.09. The number of hydrogen-bond donors (Lipinski definition) is 0. The van der Waals surface area contributed by atoms with Gasteiger partial charge in [0.1, 0.15) is 0 Å². The van der Waals surface area contributed by atoms with Gasteiger partial charge in [-0.2, -0.15) is 0 Å². The van der Waals surface area contributed by atoms with Crippen LogP contribution in [0.2, 0.25) is 0 Å². The predicted octanol–water partition coefficient (Wildman–Crippen LogP) is -1.34. The Balaban J connectivity index is 0.00000112. The molecule has 1 aromatic carbocycles. The second-order valence-corrected chi connectivity index (χ2v) is 3.53. The molecule has 4 N–H and O–H groups in total. The first-order valence-electron chi connectivity index (χ1n) is 5.13. The molecule has 1 aliphatic heterocycles. The Bertz CT molecular complexity index is 265. The first-order valence-corrected chi connectivity index (χ1v) is 5.13. The van der Waals surface area contributed by atoms with Crippen LogP contribution in [0.3, 0.4) is 0 Å². The molecule has 0 aromatic heterocycles. The summed E-state index contributed by atoms with van der Waals surface area (Å²) in [6, 6.07) is 10.5. The molecule has 1 aliphatic rings. The van der Waals surface area contributed by atoms with Gasteiger partial charge >= 0.3 is 0 Å². The highest BCUT2D eigenvalue weighted by molar-refractivity contribution is 6.53. The zero-order valence-corrected chi connectivity index (χ0v) is 9.36. The number of nitrogens with zero attached hydrogens (tertiary/aromatic N) is 1. The average Bonchev–Trinajstić information content (AvgIpc) is 2.29. The van der Waals surface area contributed by atoms with E-state index in [4.69, 9.17) is 4.74 Å². The summed E-state index contributed by atoms with van der Waals surface area (Å²) >= 11 is 0. The summed E-state index contributed by atoms with van der Waals surface area (Å²) in [5.74, 6) is 0. The lowest BCUT2D eigenvalue weighted by Crippen LogP contribution is -2.40. The van der Waals surface area contributed by atoms with Crippen LogP contribution in [0.15, 0.2) is 30.3 Å². The molecular formula is C11H19BNO3. The van der Waals surface area contributed by atoms with Crippen molar-refractivity contribution in [2.24, 2.45) is 0 Å². The lowest BCUT2D eigenvalue weighted by molar-refractivity contribution is 0.0464. The molecule has 1 radical (unpaired) electrons. The molecule has 0 bridgehead atoms. The second kappa shape index (κ2) is 8.30. The molecule has 0 aliphatic carbocycles. The van der Waals surface area contributed by atoms with Gasteiger partial charge in [0.25, 0.3) is 0 Å². The molecule has 5 heteroatoms. The van der Waals surface area contributed by atoms with Crippen LogP contribution in [0.25, 0.3) is 0 Å². The number of ether oxygens (including phenoxy) is 1. The van der Waals surface area contributed by atoms with E-state index in [9.17, 15) is 0 Å². The van der Waals surface area contributed by atoms with Crippen molar-refractivity contribution in [2.75, 3.05) is 32.7 Å². The van der Waals surface area contributed by atoms with Crippen LogP contribution < -0.4 is 5.46 Å². The minimum atomic E-state index is 0. The monoisotopic (exact) mass is 224 g/mol. The molecule has 1 fully saturated rings. The molecular weight excluding hydrogens is 205 g/mol. The van der Waals surface area contributed by atoms with E-state index in [1.54, 1.807) is 0 Å². The Hall–Kier alpha value is -0.875. The van der Waals surface area contributed by atoms with Crippen LogP contribution in [0.1, 0.15) is 0 Å². The van der Waals surface area contributed by atoms with E-state index in [0.29, 0.717) is 0 Å². The third-order valence-corrected chi connectivity index (χ3v) is 2.49. The average molecular weight is 224 g/mol. The number of morpholine rings is 1. The summed E-state index contributed by atoms with van der Waals surface area (Å²) in [5.41, 5.74) is 1.30. The van der Waals surface area contributed by atoms with Crippen molar-refractivity contribution >= 4 is 12.7 Å². The van der Waals surface area contributed by atoms with Gasteiger partial charge in [-0.15, -0.1) is 0 Å². The summed E-state index contributed by atoms with van der Waals surface area (Å²) in [5, 5.41) is 0. The van der Waals surface area contributed by atoms with Crippen LogP contribution in [-0.4, -0.2) is 55.9 Å². The van der Waals surface area contributed by atoms with Crippen molar-refractivity contribution in [3.8, 4) is 0 Å². The Morgan fingerprint density at radius 1 is 1.06 bits per heavy atom. The zero-order valence-electron chi connectivity index (χ0n) is 9.36. The molecule has 1 heterocycles. The van der Waals surface area contributed by atoms with Crippen LogP contribution in [0.4, 0.5) is 0 Å². The summed E-state index contributed by atoms with van der Waals surface area (Å²) in [7, 11) is 2.27. The Morgan fingerprint density at radius 2 is 1.69 bits per heavy atom. The predicted molar refractivity (Wildman–Crippen MR) is 66.3 cm³/mol. The van der Waals surface area contributed by atoms with E-state index in [-0.39, 0.29) is 11.0 Å². The largest absolute Gasteiger partial charge is 0.412 e. The molecule has 0 saturated carbocycles. The van der Waals surface area contributed by atoms with E-state index < -0.39 is 0 Å². The SMILES string of the molecule is O.O.[B](CN1CCOCC1)c1ccccc1. The summed E-state index contributed by atoms with van der Waals surface area (Å²) in [4.78, 5) is 2.41. The lowest BCUT2D eigenvalue weighted by Gasteiger charge is -2.26. The van der Waals surface area contributed by atoms with Crippen molar-refractivity contribution in [2.45, 2.75) is 0 Å². The first kappa shape index (κ1) is 15.1. The molecule has 0 amide bonds. The van der Waals surface area contributed by atoms with Crippen molar-refractivity contribution < 1.29 is 15.7 Å². The normalized spacial score (nSPS) is 15.8. The quantitative estimate of drug-likeness (QED) is 0.595. The first-order chi connectivity index (χ1) is 6.95. The van der Waals surface area contributed by atoms with E-state index in [1.807, 2.05) is 6.07 Å². The van der Waals surface area contributed by atoms with Crippen molar-refractivity contribution in [3.05, 3.63) is 30.3 Å². The number of benzene rings is 1. The van der Waals surface area contributed by atoms with E-state index in [2.05, 4.69) is 36.4 Å². The van der Waals surface area contributed by atoms with Crippen LogP contribution in [-0.2, 0) is 4.74 Å². The highest BCUT2D eigenvalue weighted by Crippen LogP contribution is 1.94.